The molecular formula is C23H26N4OS. The van der Waals surface area contributed by atoms with Gasteiger partial charge in [-0.15, -0.1) is 11.3 Å². The van der Waals surface area contributed by atoms with E-state index in [1.54, 1.807) is 11.3 Å². The third-order valence-electron chi connectivity index (χ3n) is 6.05. The number of hydrazine groups is 1. The maximum absolute atomic E-state index is 13.0. The summed E-state index contributed by atoms with van der Waals surface area (Å²) in [5, 5.41) is 4.70. The Balaban J connectivity index is 1.17. The van der Waals surface area contributed by atoms with Gasteiger partial charge in [0.15, 0.2) is 0 Å². The molecule has 2 atom stereocenters. The second-order valence-electron chi connectivity index (χ2n) is 7.88. The van der Waals surface area contributed by atoms with E-state index in [4.69, 9.17) is 0 Å². The van der Waals surface area contributed by atoms with Gasteiger partial charge in [-0.05, 0) is 34.2 Å². The van der Waals surface area contributed by atoms with Gasteiger partial charge in [0.25, 0.3) is 0 Å². The van der Waals surface area contributed by atoms with Crippen molar-refractivity contribution in [3.63, 3.8) is 0 Å². The summed E-state index contributed by atoms with van der Waals surface area (Å²) in [5.41, 5.74) is 7.87. The van der Waals surface area contributed by atoms with Crippen molar-refractivity contribution in [2.45, 2.75) is 25.0 Å². The van der Waals surface area contributed by atoms with Crippen LogP contribution in [0.15, 0.2) is 60.0 Å². The minimum Gasteiger partial charge on any atom is -0.339 e. The molecule has 2 aromatic carbocycles. The number of fused-ring (bicyclic) bond motifs is 1. The number of nitrogens with zero attached hydrogens (tertiary/aromatic N) is 2. The van der Waals surface area contributed by atoms with Crippen molar-refractivity contribution < 1.29 is 4.79 Å². The van der Waals surface area contributed by atoms with E-state index in [1.165, 1.54) is 21.2 Å². The van der Waals surface area contributed by atoms with E-state index in [-0.39, 0.29) is 18.0 Å². The van der Waals surface area contributed by atoms with Gasteiger partial charge in [0.1, 0.15) is 6.04 Å². The van der Waals surface area contributed by atoms with E-state index >= 15 is 0 Å². The fourth-order valence-electron chi connectivity index (χ4n) is 4.41. The van der Waals surface area contributed by atoms with E-state index in [2.05, 4.69) is 75.7 Å². The van der Waals surface area contributed by atoms with Crippen LogP contribution in [0, 0.1) is 0 Å². The molecule has 3 aromatic rings. The zero-order valence-corrected chi connectivity index (χ0v) is 17.2. The second-order valence-corrected chi connectivity index (χ2v) is 8.86. The van der Waals surface area contributed by atoms with Crippen LogP contribution < -0.4 is 10.9 Å². The van der Waals surface area contributed by atoms with Crippen molar-refractivity contribution in [1.29, 1.82) is 0 Å². The predicted octanol–water partition coefficient (Wildman–Crippen LogP) is 3.15. The molecule has 5 nitrogen and oxygen atoms in total. The Morgan fingerprint density at radius 1 is 0.966 bits per heavy atom. The van der Waals surface area contributed by atoms with Crippen LogP contribution in [-0.4, -0.2) is 47.9 Å². The van der Waals surface area contributed by atoms with Gasteiger partial charge in [-0.25, -0.2) is 10.9 Å². The fraction of sp³-hybridized carbons (Fsp3) is 0.348. The highest BCUT2D eigenvalue weighted by Gasteiger charge is 2.34. The molecule has 1 amide bonds. The smallest absolute Gasteiger partial charge is 0.241 e. The summed E-state index contributed by atoms with van der Waals surface area (Å²) < 4.78 is 0. The number of thiophene rings is 1. The molecule has 0 radical (unpaired) electrons. The molecule has 2 unspecified atom stereocenters. The molecule has 2 aliphatic heterocycles. The van der Waals surface area contributed by atoms with E-state index in [9.17, 15) is 4.79 Å². The van der Waals surface area contributed by atoms with Crippen LogP contribution in [0.2, 0.25) is 0 Å². The molecule has 2 saturated heterocycles. The van der Waals surface area contributed by atoms with Crippen molar-refractivity contribution in [2.75, 3.05) is 26.2 Å². The maximum atomic E-state index is 13.0. The second kappa shape index (κ2) is 8.24. The lowest BCUT2D eigenvalue weighted by Gasteiger charge is -2.36. The van der Waals surface area contributed by atoms with Crippen LogP contribution in [0.3, 0.4) is 0 Å². The maximum Gasteiger partial charge on any atom is 0.241 e. The van der Waals surface area contributed by atoms with Crippen molar-refractivity contribution in [1.82, 2.24) is 20.7 Å². The van der Waals surface area contributed by atoms with Gasteiger partial charge < -0.3 is 4.90 Å². The number of nitrogens with one attached hydrogen (secondary N) is 2. The summed E-state index contributed by atoms with van der Waals surface area (Å²) in [6.07, 6.45) is 0.815. The van der Waals surface area contributed by atoms with Crippen LogP contribution in [0.5, 0.6) is 0 Å². The SMILES string of the molecule is O=C(C1CC(c2cccs2)NN1)N1CCN(Cc2cccc3ccccc23)CC1. The first-order valence-corrected chi connectivity index (χ1v) is 11.2. The van der Waals surface area contributed by atoms with Crippen molar-refractivity contribution in [3.8, 4) is 0 Å². The first-order valence-electron chi connectivity index (χ1n) is 10.3. The molecular weight excluding hydrogens is 380 g/mol. The third-order valence-corrected chi connectivity index (χ3v) is 7.03. The molecule has 0 bridgehead atoms. The zero-order valence-electron chi connectivity index (χ0n) is 16.4. The number of amides is 1. The van der Waals surface area contributed by atoms with Crippen molar-refractivity contribution in [3.05, 3.63) is 70.4 Å². The van der Waals surface area contributed by atoms with Crippen LogP contribution >= 0.6 is 11.3 Å². The normalized spacial score (nSPS) is 23.0. The highest BCUT2D eigenvalue weighted by Crippen LogP contribution is 2.27. The lowest BCUT2D eigenvalue weighted by Crippen LogP contribution is -2.53. The van der Waals surface area contributed by atoms with Gasteiger partial charge in [-0.1, -0.05) is 48.5 Å². The highest BCUT2D eigenvalue weighted by atomic mass is 32.1. The lowest BCUT2D eigenvalue weighted by molar-refractivity contribution is -0.135. The van der Waals surface area contributed by atoms with Crippen LogP contribution in [-0.2, 0) is 11.3 Å². The number of piperazine rings is 1. The Morgan fingerprint density at radius 2 is 1.79 bits per heavy atom. The molecule has 2 aliphatic rings. The summed E-state index contributed by atoms with van der Waals surface area (Å²) >= 11 is 1.74. The summed E-state index contributed by atoms with van der Waals surface area (Å²) in [6, 6.07) is 19.4. The van der Waals surface area contributed by atoms with E-state index in [1.807, 2.05) is 4.90 Å². The molecule has 29 heavy (non-hydrogen) atoms. The number of rotatable bonds is 4. The third kappa shape index (κ3) is 3.94. The average Bonchev–Trinajstić information content (AvgIpc) is 3.46. The zero-order chi connectivity index (χ0) is 19.6. The largest absolute Gasteiger partial charge is 0.339 e. The topological polar surface area (TPSA) is 47.6 Å². The van der Waals surface area contributed by atoms with E-state index in [0.29, 0.717) is 0 Å². The highest BCUT2D eigenvalue weighted by molar-refractivity contribution is 7.10. The van der Waals surface area contributed by atoms with Gasteiger partial charge in [-0.2, -0.15) is 0 Å². The minimum absolute atomic E-state index is 0.133. The monoisotopic (exact) mass is 406 g/mol. The Morgan fingerprint density at radius 3 is 2.62 bits per heavy atom. The molecule has 5 rings (SSSR count). The van der Waals surface area contributed by atoms with Crippen molar-refractivity contribution in [2.24, 2.45) is 0 Å². The van der Waals surface area contributed by atoms with Gasteiger partial charge in [0.05, 0.1) is 6.04 Å². The molecule has 2 fully saturated rings. The molecule has 0 saturated carbocycles. The first kappa shape index (κ1) is 18.8. The Kier molecular flexibility index (Phi) is 5.33. The van der Waals surface area contributed by atoms with Crippen LogP contribution in [0.1, 0.15) is 22.9 Å². The molecule has 3 heterocycles. The number of benzene rings is 2. The Hall–Kier alpha value is -2.25. The molecule has 6 heteroatoms. The molecule has 0 spiro atoms. The number of carbonyl (C=O) groups is 1. The molecule has 1 aromatic heterocycles. The van der Waals surface area contributed by atoms with E-state index < -0.39 is 0 Å². The van der Waals surface area contributed by atoms with Gasteiger partial charge in [0.2, 0.25) is 5.91 Å². The number of hydrogen-bond acceptors (Lipinski definition) is 5. The summed E-state index contributed by atoms with van der Waals surface area (Å²) in [4.78, 5) is 18.7. The minimum atomic E-state index is -0.133. The Bertz CT molecular complexity index is 976. The summed E-state index contributed by atoms with van der Waals surface area (Å²) in [5.74, 6) is 0.223. The summed E-state index contributed by atoms with van der Waals surface area (Å²) in [7, 11) is 0. The van der Waals surface area contributed by atoms with Crippen LogP contribution in [0.25, 0.3) is 10.8 Å². The van der Waals surface area contributed by atoms with Gasteiger partial charge in [-0.3, -0.25) is 9.69 Å². The first-order chi connectivity index (χ1) is 14.3. The summed E-state index contributed by atoms with van der Waals surface area (Å²) in [6.45, 7) is 4.37. The van der Waals surface area contributed by atoms with Gasteiger partial charge >= 0.3 is 0 Å². The van der Waals surface area contributed by atoms with E-state index in [0.717, 1.165) is 39.1 Å². The standard InChI is InChI=1S/C23H26N4OS/c28-23(21-15-20(24-25-21)22-9-4-14-29-22)27-12-10-26(11-13-27)16-18-7-3-6-17-5-1-2-8-19(17)18/h1-9,14,20-21,24-25H,10-13,15-16H2. The van der Waals surface area contributed by atoms with Gasteiger partial charge in [0, 0.05) is 37.6 Å². The quantitative estimate of drug-likeness (QED) is 0.699. The molecule has 150 valence electrons. The molecule has 2 N–H and O–H groups in total. The van der Waals surface area contributed by atoms with Crippen LogP contribution in [0.4, 0.5) is 0 Å². The predicted molar refractivity (Wildman–Crippen MR) is 118 cm³/mol. The van der Waals surface area contributed by atoms with Crippen molar-refractivity contribution >= 4 is 28.0 Å². The Labute approximate surface area is 175 Å². The molecule has 0 aliphatic carbocycles. The number of carbonyl (C=O) groups excluding carboxylic acids is 1. The fourth-order valence-corrected chi connectivity index (χ4v) is 5.20. The average molecular weight is 407 g/mol. The number of hydrogen-bond donors (Lipinski definition) is 2. The lowest BCUT2D eigenvalue weighted by atomic mass is 10.0.